The van der Waals surface area contributed by atoms with E-state index < -0.39 is 0 Å². The molecule has 0 amide bonds. The van der Waals surface area contributed by atoms with Gasteiger partial charge in [0.05, 0.1) is 19.0 Å². The van der Waals surface area contributed by atoms with Gasteiger partial charge in [0, 0.05) is 17.8 Å². The largest absolute Gasteiger partial charge is 0.480 e. The average Bonchev–Trinajstić information content (AvgIpc) is 3.16. The Labute approximate surface area is 157 Å². The van der Waals surface area contributed by atoms with E-state index in [1.54, 1.807) is 13.3 Å². The third-order valence-electron chi connectivity index (χ3n) is 4.32. The number of anilines is 1. The van der Waals surface area contributed by atoms with Gasteiger partial charge in [0.2, 0.25) is 5.88 Å². The van der Waals surface area contributed by atoms with Crippen molar-refractivity contribution in [2.45, 2.75) is 13.3 Å². The van der Waals surface area contributed by atoms with Crippen LogP contribution in [0.15, 0.2) is 60.8 Å². The van der Waals surface area contributed by atoms with Crippen molar-refractivity contribution < 1.29 is 4.74 Å². The van der Waals surface area contributed by atoms with Gasteiger partial charge in [-0.3, -0.25) is 0 Å². The van der Waals surface area contributed by atoms with Crippen molar-refractivity contribution >= 4 is 16.7 Å². The first-order chi connectivity index (χ1) is 13.3. The van der Waals surface area contributed by atoms with Crippen LogP contribution in [-0.4, -0.2) is 33.4 Å². The number of methoxy groups -OCH3 is 1. The summed E-state index contributed by atoms with van der Waals surface area (Å²) >= 11 is 0. The Morgan fingerprint density at radius 2 is 1.78 bits per heavy atom. The van der Waals surface area contributed by atoms with Crippen molar-refractivity contribution in [2.24, 2.45) is 0 Å². The van der Waals surface area contributed by atoms with Gasteiger partial charge in [-0.2, -0.15) is 10.1 Å². The number of aromatic nitrogens is 4. The van der Waals surface area contributed by atoms with Gasteiger partial charge >= 0.3 is 0 Å². The number of nitrogens with zero attached hydrogens (tertiary/aromatic N) is 4. The fraction of sp³-hybridized carbons (Fsp3) is 0.190. The van der Waals surface area contributed by atoms with Gasteiger partial charge in [-0.05, 0) is 30.7 Å². The topological polar surface area (TPSA) is 64.9 Å². The minimum Gasteiger partial charge on any atom is -0.480 e. The molecule has 0 aliphatic carbocycles. The van der Waals surface area contributed by atoms with Gasteiger partial charge in [-0.1, -0.05) is 37.3 Å². The lowest BCUT2D eigenvalue weighted by Crippen LogP contribution is -2.04. The van der Waals surface area contributed by atoms with Crippen molar-refractivity contribution in [2.75, 3.05) is 19.0 Å². The van der Waals surface area contributed by atoms with Crippen LogP contribution in [0.1, 0.15) is 13.3 Å². The third-order valence-corrected chi connectivity index (χ3v) is 4.32. The number of rotatable bonds is 6. The Morgan fingerprint density at radius 1 is 1.00 bits per heavy atom. The first kappa shape index (κ1) is 17.0. The monoisotopic (exact) mass is 359 g/mol. The molecule has 0 atom stereocenters. The van der Waals surface area contributed by atoms with Crippen molar-refractivity contribution in [3.8, 4) is 23.0 Å². The lowest BCUT2D eigenvalue weighted by molar-refractivity contribution is 0.403. The van der Waals surface area contributed by atoms with Crippen LogP contribution in [0.2, 0.25) is 0 Å². The molecule has 0 unspecified atom stereocenters. The number of ether oxygens (including phenoxy) is 1. The van der Waals surface area contributed by atoms with Crippen LogP contribution in [-0.2, 0) is 0 Å². The zero-order valence-electron chi connectivity index (χ0n) is 15.4. The SMILES string of the molecule is CCCNc1ccccc1-c1nc(OC)c2cnn(-c3ccccc3)c2n1. The highest BCUT2D eigenvalue weighted by molar-refractivity contribution is 5.85. The maximum atomic E-state index is 5.53. The molecule has 2 aromatic heterocycles. The van der Waals surface area contributed by atoms with Gasteiger partial charge in [0.15, 0.2) is 11.5 Å². The molecule has 2 heterocycles. The fourth-order valence-corrected chi connectivity index (χ4v) is 3.01. The zero-order chi connectivity index (χ0) is 18.6. The van der Waals surface area contributed by atoms with Crippen molar-refractivity contribution in [1.29, 1.82) is 0 Å². The molecular weight excluding hydrogens is 338 g/mol. The summed E-state index contributed by atoms with van der Waals surface area (Å²) in [5.74, 6) is 1.12. The Kier molecular flexibility index (Phi) is 4.70. The van der Waals surface area contributed by atoms with Crippen LogP contribution in [0, 0.1) is 0 Å². The van der Waals surface area contributed by atoms with Crippen LogP contribution < -0.4 is 10.1 Å². The molecule has 0 saturated heterocycles. The minimum absolute atomic E-state index is 0.516. The average molecular weight is 359 g/mol. The molecule has 1 N–H and O–H groups in total. The second-order valence-corrected chi connectivity index (χ2v) is 6.16. The minimum atomic E-state index is 0.516. The summed E-state index contributed by atoms with van der Waals surface area (Å²) in [6.45, 7) is 3.03. The molecular formula is C21H21N5O. The van der Waals surface area contributed by atoms with E-state index in [0.717, 1.165) is 35.3 Å². The highest BCUT2D eigenvalue weighted by atomic mass is 16.5. The first-order valence-corrected chi connectivity index (χ1v) is 9.00. The smallest absolute Gasteiger partial charge is 0.228 e. The second kappa shape index (κ2) is 7.45. The molecule has 136 valence electrons. The molecule has 0 radical (unpaired) electrons. The fourth-order valence-electron chi connectivity index (χ4n) is 3.01. The zero-order valence-corrected chi connectivity index (χ0v) is 15.4. The Bertz CT molecular complexity index is 1060. The lowest BCUT2D eigenvalue weighted by Gasteiger charge is -2.12. The summed E-state index contributed by atoms with van der Waals surface area (Å²) in [5, 5.41) is 8.72. The van der Waals surface area contributed by atoms with E-state index in [9.17, 15) is 0 Å². The highest BCUT2D eigenvalue weighted by Crippen LogP contribution is 2.31. The summed E-state index contributed by atoms with van der Waals surface area (Å²) in [4.78, 5) is 9.47. The molecule has 0 saturated carbocycles. The Hall–Kier alpha value is -3.41. The molecule has 4 aromatic rings. The van der Waals surface area contributed by atoms with E-state index in [1.807, 2.05) is 59.3 Å². The van der Waals surface area contributed by atoms with E-state index in [1.165, 1.54) is 0 Å². The molecule has 0 aliphatic heterocycles. The Morgan fingerprint density at radius 3 is 2.56 bits per heavy atom. The number of nitrogens with one attached hydrogen (secondary N) is 1. The van der Waals surface area contributed by atoms with Crippen molar-refractivity contribution in [3.05, 3.63) is 60.8 Å². The molecule has 6 heteroatoms. The highest BCUT2D eigenvalue weighted by Gasteiger charge is 2.17. The first-order valence-electron chi connectivity index (χ1n) is 9.00. The van der Waals surface area contributed by atoms with Gasteiger partial charge in [-0.15, -0.1) is 0 Å². The standard InChI is InChI=1S/C21H21N5O/c1-3-13-22-18-12-8-7-11-16(18)19-24-20-17(21(25-19)27-2)14-23-26(20)15-9-5-4-6-10-15/h4-12,14,22H,3,13H2,1-2H3. The summed E-state index contributed by atoms with van der Waals surface area (Å²) in [7, 11) is 1.62. The van der Waals surface area contributed by atoms with Crippen LogP contribution >= 0.6 is 0 Å². The third kappa shape index (κ3) is 3.21. The summed E-state index contributed by atoms with van der Waals surface area (Å²) in [6.07, 6.45) is 2.78. The van der Waals surface area contributed by atoms with Crippen LogP contribution in [0.5, 0.6) is 5.88 Å². The van der Waals surface area contributed by atoms with E-state index in [4.69, 9.17) is 9.72 Å². The van der Waals surface area contributed by atoms with E-state index in [0.29, 0.717) is 17.4 Å². The normalized spacial score (nSPS) is 10.9. The maximum absolute atomic E-state index is 5.53. The van der Waals surface area contributed by atoms with E-state index in [2.05, 4.69) is 22.3 Å². The van der Waals surface area contributed by atoms with E-state index >= 15 is 0 Å². The predicted molar refractivity (Wildman–Crippen MR) is 107 cm³/mol. The summed E-state index contributed by atoms with van der Waals surface area (Å²) in [5.41, 5.74) is 3.60. The van der Waals surface area contributed by atoms with Crippen LogP contribution in [0.25, 0.3) is 28.1 Å². The van der Waals surface area contributed by atoms with Crippen LogP contribution in [0.4, 0.5) is 5.69 Å². The number of para-hydroxylation sites is 2. The summed E-state index contributed by atoms with van der Waals surface area (Å²) in [6, 6.07) is 18.0. The quantitative estimate of drug-likeness (QED) is 0.556. The predicted octanol–water partition coefficient (Wildman–Crippen LogP) is 4.31. The maximum Gasteiger partial charge on any atom is 0.228 e. The molecule has 0 spiro atoms. The number of fused-ring (bicyclic) bond motifs is 1. The van der Waals surface area contributed by atoms with Crippen molar-refractivity contribution in [3.63, 3.8) is 0 Å². The Balaban J connectivity index is 1.90. The van der Waals surface area contributed by atoms with Crippen molar-refractivity contribution in [1.82, 2.24) is 19.7 Å². The second-order valence-electron chi connectivity index (χ2n) is 6.16. The summed E-state index contributed by atoms with van der Waals surface area (Å²) < 4.78 is 7.35. The number of benzene rings is 2. The molecule has 4 rings (SSSR count). The molecule has 6 nitrogen and oxygen atoms in total. The number of hydrogen-bond acceptors (Lipinski definition) is 5. The van der Waals surface area contributed by atoms with Gasteiger partial charge < -0.3 is 10.1 Å². The molecule has 0 bridgehead atoms. The molecule has 27 heavy (non-hydrogen) atoms. The molecule has 0 fully saturated rings. The molecule has 0 aliphatic rings. The van der Waals surface area contributed by atoms with Gasteiger partial charge in [0.25, 0.3) is 0 Å². The number of hydrogen-bond donors (Lipinski definition) is 1. The van der Waals surface area contributed by atoms with E-state index in [-0.39, 0.29) is 0 Å². The van der Waals surface area contributed by atoms with Gasteiger partial charge in [-0.25, -0.2) is 9.67 Å². The lowest BCUT2D eigenvalue weighted by atomic mass is 10.1. The van der Waals surface area contributed by atoms with Gasteiger partial charge in [0.1, 0.15) is 5.39 Å². The van der Waals surface area contributed by atoms with Crippen LogP contribution in [0.3, 0.4) is 0 Å². The molecule has 2 aromatic carbocycles.